The van der Waals surface area contributed by atoms with Crippen LogP contribution in [0.25, 0.3) is 0 Å². The van der Waals surface area contributed by atoms with Crippen LogP contribution in [0.2, 0.25) is 0 Å². The largest absolute Gasteiger partial charge is 0.481 e. The Labute approximate surface area is 106 Å². The Morgan fingerprint density at radius 1 is 1.22 bits per heavy atom. The van der Waals surface area contributed by atoms with Gasteiger partial charge in [-0.2, -0.15) is 0 Å². The van der Waals surface area contributed by atoms with Gasteiger partial charge in [0, 0.05) is 6.54 Å². The number of rotatable bonds is 5. The third kappa shape index (κ3) is 3.45. The molecule has 6 heteroatoms. The Kier molecular flexibility index (Phi) is 5.12. The maximum atomic E-state index is 12.2. The van der Waals surface area contributed by atoms with Gasteiger partial charge in [-0.3, -0.25) is 14.4 Å². The van der Waals surface area contributed by atoms with Crippen LogP contribution >= 0.6 is 0 Å². The highest BCUT2D eigenvalue weighted by molar-refractivity contribution is 5.88. The number of aliphatic carboxylic acids is 1. The quantitative estimate of drug-likeness (QED) is 0.734. The summed E-state index contributed by atoms with van der Waals surface area (Å²) in [5.41, 5.74) is 5.08. The SMILES string of the molecule is CCN(CC(N)=O)C(=O)C1CCCCC1C(=O)O. The highest BCUT2D eigenvalue weighted by Crippen LogP contribution is 2.31. The van der Waals surface area contributed by atoms with E-state index in [1.54, 1.807) is 6.92 Å². The number of nitrogens with two attached hydrogens (primary N) is 1. The summed E-state index contributed by atoms with van der Waals surface area (Å²) in [6.45, 7) is 1.97. The molecular formula is C12H20N2O4. The molecule has 0 aromatic carbocycles. The minimum absolute atomic E-state index is 0.141. The average Bonchev–Trinajstić information content (AvgIpc) is 2.34. The maximum absolute atomic E-state index is 12.2. The average molecular weight is 256 g/mol. The molecule has 1 aliphatic carbocycles. The molecule has 18 heavy (non-hydrogen) atoms. The predicted molar refractivity (Wildman–Crippen MR) is 64.5 cm³/mol. The van der Waals surface area contributed by atoms with Crippen molar-refractivity contribution in [3.8, 4) is 0 Å². The molecule has 1 rings (SSSR count). The minimum atomic E-state index is -0.928. The molecule has 0 heterocycles. The molecule has 2 atom stereocenters. The van der Waals surface area contributed by atoms with Crippen LogP contribution in [0.5, 0.6) is 0 Å². The molecule has 0 aliphatic heterocycles. The Hall–Kier alpha value is -1.59. The van der Waals surface area contributed by atoms with Gasteiger partial charge in [-0.1, -0.05) is 12.8 Å². The van der Waals surface area contributed by atoms with Crippen LogP contribution in [-0.2, 0) is 14.4 Å². The first kappa shape index (κ1) is 14.5. The fourth-order valence-corrected chi connectivity index (χ4v) is 2.49. The number of carbonyl (C=O) groups is 3. The summed E-state index contributed by atoms with van der Waals surface area (Å²) in [5.74, 6) is -2.91. The van der Waals surface area contributed by atoms with E-state index in [9.17, 15) is 14.4 Å². The van der Waals surface area contributed by atoms with Crippen molar-refractivity contribution in [1.29, 1.82) is 0 Å². The molecule has 3 N–H and O–H groups in total. The van der Waals surface area contributed by atoms with Crippen LogP contribution in [0.4, 0.5) is 0 Å². The number of likely N-dealkylation sites (N-methyl/N-ethyl adjacent to an activating group) is 1. The van der Waals surface area contributed by atoms with E-state index < -0.39 is 23.7 Å². The molecule has 0 saturated heterocycles. The molecular weight excluding hydrogens is 236 g/mol. The summed E-state index contributed by atoms with van der Waals surface area (Å²) < 4.78 is 0. The monoisotopic (exact) mass is 256 g/mol. The third-order valence-electron chi connectivity index (χ3n) is 3.44. The van der Waals surface area contributed by atoms with Crippen molar-refractivity contribution in [2.45, 2.75) is 32.6 Å². The predicted octanol–water partition coefficient (Wildman–Crippen LogP) is 0.211. The number of amides is 2. The highest BCUT2D eigenvalue weighted by atomic mass is 16.4. The summed E-state index contributed by atoms with van der Waals surface area (Å²) in [7, 11) is 0. The van der Waals surface area contributed by atoms with Crippen molar-refractivity contribution < 1.29 is 19.5 Å². The first-order chi connectivity index (χ1) is 8.47. The number of carbonyl (C=O) groups excluding carboxylic acids is 2. The van der Waals surface area contributed by atoms with Gasteiger partial charge >= 0.3 is 5.97 Å². The molecule has 1 fully saturated rings. The number of primary amides is 1. The van der Waals surface area contributed by atoms with Crippen molar-refractivity contribution in [2.75, 3.05) is 13.1 Å². The smallest absolute Gasteiger partial charge is 0.307 e. The second-order valence-electron chi connectivity index (χ2n) is 4.65. The van der Waals surface area contributed by atoms with E-state index in [1.165, 1.54) is 4.90 Å². The van der Waals surface area contributed by atoms with Crippen molar-refractivity contribution in [3.05, 3.63) is 0 Å². The molecule has 0 aromatic rings. The van der Waals surface area contributed by atoms with Crippen LogP contribution < -0.4 is 5.73 Å². The molecule has 0 radical (unpaired) electrons. The number of carboxylic acid groups (broad SMARTS) is 1. The van der Waals surface area contributed by atoms with E-state index in [2.05, 4.69) is 0 Å². The van der Waals surface area contributed by atoms with E-state index in [1.807, 2.05) is 0 Å². The van der Waals surface area contributed by atoms with E-state index in [0.717, 1.165) is 12.8 Å². The van der Waals surface area contributed by atoms with E-state index in [-0.39, 0.29) is 12.5 Å². The zero-order chi connectivity index (χ0) is 13.7. The van der Waals surface area contributed by atoms with Gasteiger partial charge in [-0.15, -0.1) is 0 Å². The number of nitrogens with zero attached hydrogens (tertiary/aromatic N) is 1. The van der Waals surface area contributed by atoms with Crippen molar-refractivity contribution in [1.82, 2.24) is 4.90 Å². The van der Waals surface area contributed by atoms with Gasteiger partial charge in [-0.05, 0) is 19.8 Å². The number of hydrogen-bond donors (Lipinski definition) is 2. The lowest BCUT2D eigenvalue weighted by Crippen LogP contribution is -2.45. The van der Waals surface area contributed by atoms with Gasteiger partial charge in [0.1, 0.15) is 0 Å². The van der Waals surface area contributed by atoms with Gasteiger partial charge in [0.05, 0.1) is 18.4 Å². The lowest BCUT2D eigenvalue weighted by molar-refractivity contribution is -0.152. The van der Waals surface area contributed by atoms with Crippen LogP contribution in [0, 0.1) is 11.8 Å². The molecule has 0 bridgehead atoms. The standard InChI is InChI=1S/C12H20N2O4/c1-2-14(7-10(13)15)11(16)8-5-3-4-6-9(8)12(17)18/h8-9H,2-7H2,1H3,(H2,13,15)(H,17,18). The summed E-state index contributed by atoms with van der Waals surface area (Å²) in [6.07, 6.45) is 2.79. The normalized spacial score (nSPS) is 23.4. The van der Waals surface area contributed by atoms with Crippen LogP contribution in [0.1, 0.15) is 32.6 Å². The number of hydrogen-bond acceptors (Lipinski definition) is 3. The van der Waals surface area contributed by atoms with Gasteiger partial charge in [-0.25, -0.2) is 0 Å². The Balaban J connectivity index is 2.78. The molecule has 2 amide bonds. The maximum Gasteiger partial charge on any atom is 0.307 e. The lowest BCUT2D eigenvalue weighted by Gasteiger charge is -2.31. The zero-order valence-electron chi connectivity index (χ0n) is 10.6. The molecule has 0 aromatic heterocycles. The molecule has 1 saturated carbocycles. The summed E-state index contributed by atoms with van der Waals surface area (Å²) in [6, 6.07) is 0. The van der Waals surface area contributed by atoms with Gasteiger partial charge in [0.2, 0.25) is 11.8 Å². The Bertz CT molecular complexity index is 343. The van der Waals surface area contributed by atoms with Crippen molar-refractivity contribution in [2.24, 2.45) is 17.6 Å². The Morgan fingerprint density at radius 3 is 2.22 bits per heavy atom. The molecule has 0 spiro atoms. The van der Waals surface area contributed by atoms with Gasteiger partial charge < -0.3 is 15.7 Å². The van der Waals surface area contributed by atoms with Gasteiger partial charge in [0.15, 0.2) is 0 Å². The topological polar surface area (TPSA) is 101 Å². The van der Waals surface area contributed by atoms with E-state index in [0.29, 0.717) is 19.4 Å². The van der Waals surface area contributed by atoms with E-state index in [4.69, 9.17) is 10.8 Å². The zero-order valence-corrected chi connectivity index (χ0v) is 10.6. The van der Waals surface area contributed by atoms with Gasteiger partial charge in [0.25, 0.3) is 0 Å². The van der Waals surface area contributed by atoms with Crippen LogP contribution in [-0.4, -0.2) is 40.9 Å². The Morgan fingerprint density at radius 2 is 1.78 bits per heavy atom. The molecule has 2 unspecified atom stereocenters. The van der Waals surface area contributed by atoms with Crippen LogP contribution in [0.15, 0.2) is 0 Å². The molecule has 102 valence electrons. The summed E-state index contributed by atoms with van der Waals surface area (Å²) in [4.78, 5) is 35.6. The summed E-state index contributed by atoms with van der Waals surface area (Å²) >= 11 is 0. The number of carboxylic acids is 1. The van der Waals surface area contributed by atoms with Crippen molar-refractivity contribution >= 4 is 17.8 Å². The first-order valence-electron chi connectivity index (χ1n) is 6.27. The fourth-order valence-electron chi connectivity index (χ4n) is 2.49. The fraction of sp³-hybridized carbons (Fsp3) is 0.750. The van der Waals surface area contributed by atoms with E-state index >= 15 is 0 Å². The first-order valence-corrected chi connectivity index (χ1v) is 6.27. The molecule has 6 nitrogen and oxygen atoms in total. The van der Waals surface area contributed by atoms with Crippen LogP contribution in [0.3, 0.4) is 0 Å². The third-order valence-corrected chi connectivity index (χ3v) is 3.44. The molecule has 1 aliphatic rings. The second kappa shape index (κ2) is 6.37. The second-order valence-corrected chi connectivity index (χ2v) is 4.65. The highest BCUT2D eigenvalue weighted by Gasteiger charge is 2.37. The minimum Gasteiger partial charge on any atom is -0.481 e. The summed E-state index contributed by atoms with van der Waals surface area (Å²) in [5, 5.41) is 9.13. The van der Waals surface area contributed by atoms with Crippen molar-refractivity contribution in [3.63, 3.8) is 0 Å². The lowest BCUT2D eigenvalue weighted by atomic mass is 9.78.